The lowest BCUT2D eigenvalue weighted by atomic mass is 10.2. The molecule has 0 spiro atoms. The summed E-state index contributed by atoms with van der Waals surface area (Å²) >= 11 is 7.75. The van der Waals surface area contributed by atoms with Crippen LogP contribution in [-0.4, -0.2) is 39.1 Å². The molecule has 1 fully saturated rings. The van der Waals surface area contributed by atoms with Crippen molar-refractivity contribution in [2.24, 2.45) is 0 Å². The average Bonchev–Trinajstić information content (AvgIpc) is 3.11. The summed E-state index contributed by atoms with van der Waals surface area (Å²) in [5.41, 5.74) is 0. The molecule has 8 heteroatoms. The van der Waals surface area contributed by atoms with Gasteiger partial charge in [-0.25, -0.2) is 0 Å². The van der Waals surface area contributed by atoms with Gasteiger partial charge in [-0.2, -0.15) is 11.8 Å². The molecule has 0 N–H and O–H groups in total. The van der Waals surface area contributed by atoms with Crippen molar-refractivity contribution in [1.82, 2.24) is 4.90 Å². The maximum Gasteiger partial charge on any atom is 0.266 e. The van der Waals surface area contributed by atoms with E-state index in [-0.39, 0.29) is 4.32 Å². The van der Waals surface area contributed by atoms with E-state index in [1.54, 1.807) is 36.6 Å². The normalized spacial score (nSPS) is 18.3. The summed E-state index contributed by atoms with van der Waals surface area (Å²) in [4.78, 5) is 25.3. The van der Waals surface area contributed by atoms with Crippen LogP contribution < -0.4 is 5.11 Å². The fourth-order valence-corrected chi connectivity index (χ4v) is 3.73. The van der Waals surface area contributed by atoms with E-state index in [2.05, 4.69) is 0 Å². The van der Waals surface area contributed by atoms with Crippen molar-refractivity contribution in [3.05, 3.63) is 41.2 Å². The number of thioether (sulfide) groups is 2. The second-order valence-corrected chi connectivity index (χ2v) is 7.23. The third kappa shape index (κ3) is 4.49. The summed E-state index contributed by atoms with van der Waals surface area (Å²) in [5.74, 6) is -0.431. The summed E-state index contributed by atoms with van der Waals surface area (Å²) in [7, 11) is 0. The van der Waals surface area contributed by atoms with E-state index in [1.165, 1.54) is 11.8 Å². The third-order valence-corrected chi connectivity index (χ3v) is 5.05. The molecule has 5 nitrogen and oxygen atoms in total. The van der Waals surface area contributed by atoms with Gasteiger partial charge in [0.25, 0.3) is 5.91 Å². The van der Waals surface area contributed by atoms with Gasteiger partial charge >= 0.3 is 0 Å². The lowest BCUT2D eigenvalue weighted by molar-refractivity contribution is -0.310. The SMILES string of the molecule is CSCC[C@@H](C(=O)[O-])N1C(=O)/C(=C/C=C/c2ccco2)SC1=S. The number of carbonyl (C=O) groups is 2. The van der Waals surface area contributed by atoms with Crippen LogP contribution in [0.1, 0.15) is 12.2 Å². The minimum Gasteiger partial charge on any atom is -0.548 e. The molecule has 1 atom stereocenters. The lowest BCUT2D eigenvalue weighted by Gasteiger charge is -2.27. The molecule has 2 rings (SSSR count). The number of carboxylic acids is 1. The monoisotopic (exact) mass is 368 g/mol. The predicted octanol–water partition coefficient (Wildman–Crippen LogP) is 1.91. The number of hydrogen-bond donors (Lipinski definition) is 0. The highest BCUT2D eigenvalue weighted by Gasteiger charge is 2.37. The molecule has 1 saturated heterocycles. The number of thiocarbonyl (C=S) groups is 1. The zero-order valence-corrected chi connectivity index (χ0v) is 14.7. The van der Waals surface area contributed by atoms with Gasteiger partial charge in [0.15, 0.2) is 0 Å². The van der Waals surface area contributed by atoms with Crippen molar-refractivity contribution < 1.29 is 19.1 Å². The van der Waals surface area contributed by atoms with Crippen molar-refractivity contribution in [1.29, 1.82) is 0 Å². The molecule has 2 heterocycles. The number of amides is 1. The molecule has 23 heavy (non-hydrogen) atoms. The second-order valence-electron chi connectivity index (χ2n) is 4.56. The van der Waals surface area contributed by atoms with Crippen LogP contribution in [0.4, 0.5) is 0 Å². The molecule has 0 bridgehead atoms. The first-order chi connectivity index (χ1) is 11.0. The molecule has 1 aromatic heterocycles. The first-order valence-electron chi connectivity index (χ1n) is 6.71. The van der Waals surface area contributed by atoms with E-state index in [0.29, 0.717) is 22.8 Å². The van der Waals surface area contributed by atoms with Gasteiger partial charge in [0.05, 0.1) is 23.2 Å². The highest BCUT2D eigenvalue weighted by atomic mass is 32.2. The lowest BCUT2D eigenvalue weighted by Crippen LogP contribution is -2.50. The number of carboxylic acid groups (broad SMARTS) is 1. The molecule has 1 aliphatic rings. The van der Waals surface area contributed by atoms with Crippen LogP contribution in [0.15, 0.2) is 39.9 Å². The Bertz CT molecular complexity index is 652. The quantitative estimate of drug-likeness (QED) is 0.538. The van der Waals surface area contributed by atoms with Gasteiger partial charge in [-0.15, -0.1) is 0 Å². The minimum absolute atomic E-state index is 0.239. The fraction of sp³-hybridized carbons (Fsp3) is 0.267. The van der Waals surface area contributed by atoms with Crippen LogP contribution in [0, 0.1) is 0 Å². The van der Waals surface area contributed by atoms with Crippen molar-refractivity contribution in [2.45, 2.75) is 12.5 Å². The first-order valence-corrected chi connectivity index (χ1v) is 9.33. The number of carbonyl (C=O) groups excluding carboxylic acids is 2. The Balaban J connectivity index is 2.13. The van der Waals surface area contributed by atoms with Gasteiger partial charge in [-0.1, -0.05) is 30.1 Å². The molecule has 0 saturated carbocycles. The topological polar surface area (TPSA) is 73.6 Å². The van der Waals surface area contributed by atoms with Gasteiger partial charge in [-0.05, 0) is 42.7 Å². The Kier molecular flexibility index (Phi) is 6.49. The zero-order valence-electron chi connectivity index (χ0n) is 12.3. The molecular weight excluding hydrogens is 354 g/mol. The Labute approximate surface area is 147 Å². The summed E-state index contributed by atoms with van der Waals surface area (Å²) in [6, 6.07) is 2.51. The van der Waals surface area contributed by atoms with Crippen LogP contribution in [0.25, 0.3) is 6.08 Å². The molecule has 0 aromatic carbocycles. The number of aliphatic carboxylic acids is 1. The number of allylic oxidation sites excluding steroid dienone is 2. The number of furan rings is 1. The van der Waals surface area contributed by atoms with Crippen LogP contribution in [-0.2, 0) is 9.59 Å². The number of hydrogen-bond acceptors (Lipinski definition) is 7. The highest BCUT2D eigenvalue weighted by Crippen LogP contribution is 2.33. The van der Waals surface area contributed by atoms with Gasteiger partial charge in [0, 0.05) is 0 Å². The van der Waals surface area contributed by atoms with Gasteiger partial charge in [-0.3, -0.25) is 9.69 Å². The smallest absolute Gasteiger partial charge is 0.266 e. The van der Waals surface area contributed by atoms with E-state index >= 15 is 0 Å². The number of nitrogens with zero attached hydrogens (tertiary/aromatic N) is 1. The zero-order chi connectivity index (χ0) is 16.8. The Hall–Kier alpha value is -1.51. The summed E-state index contributed by atoms with van der Waals surface area (Å²) in [6.45, 7) is 0. The molecule has 1 amide bonds. The minimum atomic E-state index is -1.29. The van der Waals surface area contributed by atoms with Crippen LogP contribution in [0.2, 0.25) is 0 Å². The van der Waals surface area contributed by atoms with Crippen molar-refractivity contribution in [3.8, 4) is 0 Å². The molecule has 122 valence electrons. The average molecular weight is 368 g/mol. The Morgan fingerprint density at radius 1 is 1.61 bits per heavy atom. The second kappa shape index (κ2) is 8.37. The van der Waals surface area contributed by atoms with E-state index in [9.17, 15) is 14.7 Å². The van der Waals surface area contributed by atoms with E-state index in [1.807, 2.05) is 6.26 Å². The maximum absolute atomic E-state index is 12.4. The Morgan fingerprint density at radius 2 is 2.39 bits per heavy atom. The van der Waals surface area contributed by atoms with E-state index < -0.39 is 17.9 Å². The van der Waals surface area contributed by atoms with Gasteiger partial charge in [0.1, 0.15) is 10.1 Å². The maximum atomic E-state index is 12.4. The van der Waals surface area contributed by atoms with Crippen molar-refractivity contribution in [3.63, 3.8) is 0 Å². The van der Waals surface area contributed by atoms with Crippen LogP contribution >= 0.6 is 35.7 Å². The van der Waals surface area contributed by atoms with Crippen molar-refractivity contribution in [2.75, 3.05) is 12.0 Å². The standard InChI is InChI=1S/C15H15NO4S3/c1-22-9-7-11(14(18)19)16-13(17)12(23-15(16)21)6-2-4-10-5-3-8-20-10/h2-6,8,11H,7,9H2,1H3,(H,18,19)/p-1/b4-2+,12-6-/t11-/m0/s1. The summed E-state index contributed by atoms with van der Waals surface area (Å²) < 4.78 is 5.39. The fourth-order valence-electron chi connectivity index (χ4n) is 1.96. The predicted molar refractivity (Wildman–Crippen MR) is 94.7 cm³/mol. The largest absolute Gasteiger partial charge is 0.548 e. The molecule has 0 unspecified atom stereocenters. The molecular formula is C15H14NO4S3-. The molecule has 0 aliphatic carbocycles. The molecule has 0 radical (unpaired) electrons. The van der Waals surface area contributed by atoms with Crippen LogP contribution in [0.3, 0.4) is 0 Å². The summed E-state index contributed by atoms with van der Waals surface area (Å²) in [6.07, 6.45) is 8.69. The van der Waals surface area contributed by atoms with Crippen molar-refractivity contribution >= 4 is 58.0 Å². The summed E-state index contributed by atoms with van der Waals surface area (Å²) in [5, 5.41) is 11.3. The number of rotatable bonds is 7. The Morgan fingerprint density at radius 3 is 3.00 bits per heavy atom. The van der Waals surface area contributed by atoms with Crippen LogP contribution in [0.5, 0.6) is 0 Å². The van der Waals surface area contributed by atoms with E-state index in [0.717, 1.165) is 16.7 Å². The molecule has 1 aromatic rings. The van der Waals surface area contributed by atoms with Gasteiger partial charge < -0.3 is 14.3 Å². The molecule has 1 aliphatic heterocycles. The van der Waals surface area contributed by atoms with E-state index in [4.69, 9.17) is 16.6 Å². The first kappa shape index (κ1) is 17.8. The third-order valence-electron chi connectivity index (χ3n) is 3.05. The van der Waals surface area contributed by atoms with Gasteiger partial charge in [0.2, 0.25) is 0 Å². The highest BCUT2D eigenvalue weighted by molar-refractivity contribution is 8.26.